The molecule has 1 aliphatic rings. The number of thiazole rings is 1. The first kappa shape index (κ1) is 21.7. The Kier molecular flexibility index (Phi) is 5.73. The maximum Gasteiger partial charge on any atom is 0.257 e. The van der Waals surface area contributed by atoms with Gasteiger partial charge in [-0.2, -0.15) is 0 Å². The molecule has 9 nitrogen and oxygen atoms in total. The van der Waals surface area contributed by atoms with Crippen LogP contribution in [-0.2, 0) is 19.9 Å². The van der Waals surface area contributed by atoms with E-state index in [4.69, 9.17) is 4.74 Å². The molecule has 2 aromatic carbocycles. The molecule has 1 atom stereocenters. The Morgan fingerprint density at radius 3 is 2.58 bits per heavy atom. The SMILES string of the molecule is COc1cccc2sc(NC(=O)c3ccc(S(=O)(=O)NC4CCS(=O)(=O)C4)cc3)nc12. The van der Waals surface area contributed by atoms with E-state index in [1.165, 1.54) is 35.6 Å². The smallest absolute Gasteiger partial charge is 0.257 e. The van der Waals surface area contributed by atoms with Crippen molar-refractivity contribution < 1.29 is 26.4 Å². The molecule has 2 N–H and O–H groups in total. The molecule has 1 amide bonds. The van der Waals surface area contributed by atoms with Crippen LogP contribution in [0.3, 0.4) is 0 Å². The number of sulfone groups is 1. The predicted octanol–water partition coefficient (Wildman–Crippen LogP) is 2.02. The van der Waals surface area contributed by atoms with Crippen molar-refractivity contribution in [1.82, 2.24) is 9.71 Å². The van der Waals surface area contributed by atoms with Crippen molar-refractivity contribution in [1.29, 1.82) is 0 Å². The molecule has 4 rings (SSSR count). The molecule has 1 aliphatic heterocycles. The fourth-order valence-corrected chi connectivity index (χ4v) is 7.20. The summed E-state index contributed by atoms with van der Waals surface area (Å²) in [7, 11) is -5.55. The Labute approximate surface area is 183 Å². The number of hydrogen-bond donors (Lipinski definition) is 2. The summed E-state index contributed by atoms with van der Waals surface area (Å²) >= 11 is 1.30. The monoisotopic (exact) mass is 481 g/mol. The highest BCUT2D eigenvalue weighted by molar-refractivity contribution is 7.92. The lowest BCUT2D eigenvalue weighted by atomic mass is 10.2. The van der Waals surface area contributed by atoms with Gasteiger partial charge in [-0.15, -0.1) is 0 Å². The molecule has 1 aromatic heterocycles. The number of fused-ring (bicyclic) bond motifs is 1. The zero-order valence-corrected chi connectivity index (χ0v) is 18.8. The highest BCUT2D eigenvalue weighted by atomic mass is 32.2. The number of carbonyl (C=O) groups excluding carboxylic acids is 1. The summed E-state index contributed by atoms with van der Waals surface area (Å²) in [5, 5.41) is 3.10. The average molecular weight is 482 g/mol. The van der Waals surface area contributed by atoms with E-state index < -0.39 is 31.8 Å². The Hall–Kier alpha value is -2.54. The van der Waals surface area contributed by atoms with Crippen LogP contribution in [-0.4, -0.2) is 52.4 Å². The fraction of sp³-hybridized carbons (Fsp3) is 0.263. The van der Waals surface area contributed by atoms with E-state index in [1.807, 2.05) is 12.1 Å². The molecule has 0 saturated carbocycles. The van der Waals surface area contributed by atoms with E-state index in [2.05, 4.69) is 15.0 Å². The van der Waals surface area contributed by atoms with Gasteiger partial charge in [0.2, 0.25) is 10.0 Å². The number of nitrogens with zero attached hydrogens (tertiary/aromatic N) is 1. The minimum atomic E-state index is -3.89. The lowest BCUT2D eigenvalue weighted by Gasteiger charge is -2.12. The minimum Gasteiger partial charge on any atom is -0.494 e. The van der Waals surface area contributed by atoms with E-state index in [-0.39, 0.29) is 28.4 Å². The zero-order valence-electron chi connectivity index (χ0n) is 16.4. The van der Waals surface area contributed by atoms with E-state index in [0.29, 0.717) is 16.4 Å². The molecule has 1 saturated heterocycles. The molecule has 3 aromatic rings. The maximum absolute atomic E-state index is 12.5. The van der Waals surface area contributed by atoms with Crippen LogP contribution in [0, 0.1) is 0 Å². The Morgan fingerprint density at radius 1 is 1.19 bits per heavy atom. The Bertz CT molecular complexity index is 1350. The fourth-order valence-electron chi connectivity index (χ4n) is 3.27. The van der Waals surface area contributed by atoms with Crippen LogP contribution < -0.4 is 14.8 Å². The summed E-state index contributed by atoms with van der Waals surface area (Å²) < 4.78 is 56.6. The summed E-state index contributed by atoms with van der Waals surface area (Å²) in [6.07, 6.45) is 0.245. The van der Waals surface area contributed by atoms with Crippen molar-refractivity contribution in [3.63, 3.8) is 0 Å². The second kappa shape index (κ2) is 8.19. The van der Waals surface area contributed by atoms with Crippen molar-refractivity contribution in [2.75, 3.05) is 23.9 Å². The normalized spacial score (nSPS) is 18.2. The predicted molar refractivity (Wildman–Crippen MR) is 118 cm³/mol. The van der Waals surface area contributed by atoms with Crippen molar-refractivity contribution in [3.8, 4) is 5.75 Å². The van der Waals surface area contributed by atoms with Crippen LogP contribution in [0.2, 0.25) is 0 Å². The molecule has 2 heterocycles. The first-order chi connectivity index (χ1) is 14.7. The van der Waals surface area contributed by atoms with Crippen LogP contribution in [0.15, 0.2) is 47.4 Å². The molecule has 31 heavy (non-hydrogen) atoms. The van der Waals surface area contributed by atoms with Crippen LogP contribution in [0.25, 0.3) is 10.2 Å². The van der Waals surface area contributed by atoms with Gasteiger partial charge in [0.25, 0.3) is 5.91 Å². The molecule has 1 unspecified atom stereocenters. The quantitative estimate of drug-likeness (QED) is 0.551. The van der Waals surface area contributed by atoms with Crippen LogP contribution in [0.5, 0.6) is 5.75 Å². The summed E-state index contributed by atoms with van der Waals surface area (Å²) in [6, 6.07) is 10.2. The van der Waals surface area contributed by atoms with Crippen molar-refractivity contribution in [2.24, 2.45) is 0 Å². The number of hydrogen-bond acceptors (Lipinski definition) is 8. The number of amides is 1. The summed E-state index contributed by atoms with van der Waals surface area (Å²) in [6.45, 7) is 0. The second-order valence-electron chi connectivity index (χ2n) is 7.03. The third-order valence-corrected chi connectivity index (χ3v) is 9.04. The molecule has 0 spiro atoms. The Morgan fingerprint density at radius 2 is 1.94 bits per heavy atom. The number of ether oxygens (including phenoxy) is 1. The van der Waals surface area contributed by atoms with Gasteiger partial charge < -0.3 is 4.74 Å². The number of anilines is 1. The van der Waals surface area contributed by atoms with Gasteiger partial charge in [0, 0.05) is 11.6 Å². The lowest BCUT2D eigenvalue weighted by molar-refractivity contribution is 0.102. The van der Waals surface area contributed by atoms with E-state index in [1.54, 1.807) is 13.2 Å². The van der Waals surface area contributed by atoms with Gasteiger partial charge >= 0.3 is 0 Å². The molecule has 164 valence electrons. The minimum absolute atomic E-state index is 0.0308. The number of methoxy groups -OCH3 is 1. The second-order valence-corrected chi connectivity index (χ2v) is 12.0. The zero-order chi connectivity index (χ0) is 22.2. The summed E-state index contributed by atoms with van der Waals surface area (Å²) in [4.78, 5) is 16.9. The van der Waals surface area contributed by atoms with E-state index in [0.717, 1.165) is 4.70 Å². The third-order valence-electron chi connectivity index (χ3n) is 4.80. The van der Waals surface area contributed by atoms with Crippen molar-refractivity contribution >= 4 is 52.5 Å². The number of carbonyl (C=O) groups is 1. The maximum atomic E-state index is 12.5. The van der Waals surface area contributed by atoms with E-state index in [9.17, 15) is 21.6 Å². The number of nitrogens with one attached hydrogen (secondary N) is 2. The van der Waals surface area contributed by atoms with Crippen LogP contribution >= 0.6 is 11.3 Å². The van der Waals surface area contributed by atoms with Gasteiger partial charge in [0.1, 0.15) is 11.3 Å². The highest BCUT2D eigenvalue weighted by Crippen LogP contribution is 2.32. The molecular weight excluding hydrogens is 462 g/mol. The number of rotatable bonds is 6. The van der Waals surface area contributed by atoms with Gasteiger partial charge in [-0.25, -0.2) is 26.5 Å². The largest absolute Gasteiger partial charge is 0.494 e. The van der Waals surface area contributed by atoms with Gasteiger partial charge in [-0.3, -0.25) is 10.1 Å². The van der Waals surface area contributed by atoms with Crippen molar-refractivity contribution in [2.45, 2.75) is 17.4 Å². The molecule has 0 bridgehead atoms. The number of benzene rings is 2. The van der Waals surface area contributed by atoms with Crippen LogP contribution in [0.4, 0.5) is 5.13 Å². The van der Waals surface area contributed by atoms with Gasteiger partial charge in [0.05, 0.1) is 28.2 Å². The van der Waals surface area contributed by atoms with Crippen LogP contribution in [0.1, 0.15) is 16.8 Å². The first-order valence-corrected chi connectivity index (χ1v) is 13.4. The van der Waals surface area contributed by atoms with Gasteiger partial charge in [0.15, 0.2) is 15.0 Å². The number of aromatic nitrogens is 1. The molecule has 12 heteroatoms. The topological polar surface area (TPSA) is 132 Å². The average Bonchev–Trinajstić information content (AvgIpc) is 3.29. The number of para-hydroxylation sites is 1. The molecule has 0 aliphatic carbocycles. The van der Waals surface area contributed by atoms with E-state index >= 15 is 0 Å². The number of sulfonamides is 1. The standard InChI is InChI=1S/C19H19N3O6S3/c1-28-15-3-2-4-16-17(15)20-19(29-16)21-18(23)12-5-7-14(8-6-12)31(26,27)22-13-9-10-30(24,25)11-13/h2-8,13,22H,9-11H2,1H3,(H,20,21,23). The molecule has 1 fully saturated rings. The van der Waals surface area contributed by atoms with Gasteiger partial charge in [-0.05, 0) is 42.8 Å². The summed E-state index contributed by atoms with van der Waals surface area (Å²) in [5.74, 6) is -0.0699. The highest BCUT2D eigenvalue weighted by Gasteiger charge is 2.31. The third kappa shape index (κ3) is 4.71. The van der Waals surface area contributed by atoms with Gasteiger partial charge in [-0.1, -0.05) is 17.4 Å². The van der Waals surface area contributed by atoms with Crippen molar-refractivity contribution in [3.05, 3.63) is 48.0 Å². The lowest BCUT2D eigenvalue weighted by Crippen LogP contribution is -2.35. The summed E-state index contributed by atoms with van der Waals surface area (Å²) in [5.41, 5.74) is 0.903. The Balaban J connectivity index is 1.47. The molecule has 0 radical (unpaired) electrons. The molecular formula is C19H19N3O6S3. The first-order valence-electron chi connectivity index (χ1n) is 9.24.